The lowest BCUT2D eigenvalue weighted by Gasteiger charge is -2.35. The lowest BCUT2D eigenvalue weighted by Crippen LogP contribution is -2.29. The molecule has 6 aromatic rings. The molecule has 0 aliphatic heterocycles. The van der Waals surface area contributed by atoms with Crippen LogP contribution in [-0.4, -0.2) is 10.2 Å². The van der Waals surface area contributed by atoms with Gasteiger partial charge in [-0.2, -0.15) is 0 Å². The molecule has 0 saturated carbocycles. The second-order valence-electron chi connectivity index (χ2n) is 12.4. The standard InChI is InChI=1S/C43H38O4/c1-29-21-35(23-33(41(29)44)27-46-25-31-13-5-3-6-14-31)43(39-19-11-9-17-37(39)38-18-10-12-20-40(38)43)36-22-30(2)42(45)34(24-36)28-47-26-32-15-7-4-8-16-32/h3-24,44-45H,25-28H2,1-2H3. The molecule has 2 N–H and O–H groups in total. The second-order valence-corrected chi connectivity index (χ2v) is 12.4. The lowest BCUT2D eigenvalue weighted by atomic mass is 9.66. The molecule has 0 atom stereocenters. The van der Waals surface area contributed by atoms with Crippen LogP contribution < -0.4 is 0 Å². The average Bonchev–Trinajstić information content (AvgIpc) is 3.40. The number of ether oxygens (including phenoxy) is 2. The van der Waals surface area contributed by atoms with Crippen molar-refractivity contribution in [2.24, 2.45) is 0 Å². The highest BCUT2D eigenvalue weighted by atomic mass is 16.5. The lowest BCUT2D eigenvalue weighted by molar-refractivity contribution is 0.105. The van der Waals surface area contributed by atoms with Gasteiger partial charge < -0.3 is 19.7 Å². The molecular weight excluding hydrogens is 580 g/mol. The van der Waals surface area contributed by atoms with Crippen molar-refractivity contribution in [3.63, 3.8) is 0 Å². The van der Waals surface area contributed by atoms with Gasteiger partial charge in [-0.3, -0.25) is 0 Å². The minimum absolute atomic E-state index is 0.244. The van der Waals surface area contributed by atoms with Crippen molar-refractivity contribution < 1.29 is 19.7 Å². The Morgan fingerprint density at radius 3 is 1.28 bits per heavy atom. The summed E-state index contributed by atoms with van der Waals surface area (Å²) in [5.74, 6) is 0.488. The van der Waals surface area contributed by atoms with Crippen molar-refractivity contribution in [1.29, 1.82) is 0 Å². The van der Waals surface area contributed by atoms with E-state index >= 15 is 0 Å². The van der Waals surface area contributed by atoms with Gasteiger partial charge in [0.25, 0.3) is 0 Å². The normalized spacial score (nSPS) is 12.9. The van der Waals surface area contributed by atoms with Gasteiger partial charge in [-0.1, -0.05) is 121 Å². The number of rotatable bonds is 10. The zero-order valence-corrected chi connectivity index (χ0v) is 26.7. The maximum absolute atomic E-state index is 11.3. The molecule has 0 amide bonds. The Morgan fingerprint density at radius 2 is 0.851 bits per heavy atom. The summed E-state index contributed by atoms with van der Waals surface area (Å²) >= 11 is 0. The number of aryl methyl sites for hydroxylation is 2. The predicted molar refractivity (Wildman–Crippen MR) is 186 cm³/mol. The third kappa shape index (κ3) is 5.61. The van der Waals surface area contributed by atoms with E-state index in [4.69, 9.17) is 9.47 Å². The van der Waals surface area contributed by atoms with Crippen LogP contribution in [-0.2, 0) is 41.3 Å². The third-order valence-corrected chi connectivity index (χ3v) is 9.32. The summed E-state index contributed by atoms with van der Waals surface area (Å²) in [4.78, 5) is 0. The second kappa shape index (κ2) is 12.9. The maximum atomic E-state index is 11.3. The van der Waals surface area contributed by atoms with Crippen LogP contribution in [0.4, 0.5) is 0 Å². The van der Waals surface area contributed by atoms with Crippen LogP contribution in [0.15, 0.2) is 133 Å². The molecule has 0 aromatic heterocycles. The Morgan fingerprint density at radius 1 is 0.468 bits per heavy atom. The number of fused-ring (bicyclic) bond motifs is 3. The van der Waals surface area contributed by atoms with Crippen LogP contribution in [0.3, 0.4) is 0 Å². The Labute approximate surface area is 276 Å². The molecule has 234 valence electrons. The van der Waals surface area contributed by atoms with E-state index in [-0.39, 0.29) is 24.7 Å². The van der Waals surface area contributed by atoms with Crippen LogP contribution in [0.1, 0.15) is 55.6 Å². The van der Waals surface area contributed by atoms with Crippen LogP contribution in [0, 0.1) is 13.8 Å². The molecule has 4 heteroatoms. The van der Waals surface area contributed by atoms with Crippen molar-refractivity contribution in [3.05, 3.63) is 189 Å². The first-order valence-corrected chi connectivity index (χ1v) is 16.1. The monoisotopic (exact) mass is 618 g/mol. The quantitative estimate of drug-likeness (QED) is 0.160. The fraction of sp³-hybridized carbons (Fsp3) is 0.163. The molecule has 47 heavy (non-hydrogen) atoms. The molecule has 1 aliphatic rings. The molecule has 0 saturated heterocycles. The van der Waals surface area contributed by atoms with Crippen molar-refractivity contribution in [3.8, 4) is 22.6 Å². The zero-order chi connectivity index (χ0) is 32.4. The molecule has 0 radical (unpaired) electrons. The first kappa shape index (κ1) is 30.5. The number of hydrogen-bond donors (Lipinski definition) is 2. The number of aromatic hydroxyl groups is 2. The number of phenols is 2. The molecule has 0 heterocycles. The smallest absolute Gasteiger partial charge is 0.124 e. The topological polar surface area (TPSA) is 58.9 Å². The van der Waals surface area contributed by atoms with Gasteiger partial charge in [-0.25, -0.2) is 0 Å². The Balaban J connectivity index is 1.37. The van der Waals surface area contributed by atoms with E-state index in [9.17, 15) is 10.2 Å². The summed E-state index contributed by atoms with van der Waals surface area (Å²) in [5.41, 5.74) is 11.2. The third-order valence-electron chi connectivity index (χ3n) is 9.32. The van der Waals surface area contributed by atoms with Gasteiger partial charge in [0.15, 0.2) is 0 Å². The van der Waals surface area contributed by atoms with Gasteiger partial charge in [0.2, 0.25) is 0 Å². The summed E-state index contributed by atoms with van der Waals surface area (Å²) in [6, 6.07) is 45.7. The Kier molecular flexibility index (Phi) is 8.38. The van der Waals surface area contributed by atoms with E-state index < -0.39 is 5.41 Å². The van der Waals surface area contributed by atoms with Crippen LogP contribution in [0.5, 0.6) is 11.5 Å². The number of phenolic OH excluding ortho intramolecular Hbond substituents is 2. The van der Waals surface area contributed by atoms with Gasteiger partial charge >= 0.3 is 0 Å². The van der Waals surface area contributed by atoms with Crippen molar-refractivity contribution in [2.45, 2.75) is 45.7 Å². The minimum Gasteiger partial charge on any atom is -0.507 e. The van der Waals surface area contributed by atoms with Gasteiger partial charge in [-0.15, -0.1) is 0 Å². The molecule has 1 aliphatic carbocycles. The summed E-state index contributed by atoms with van der Waals surface area (Å²) in [6.45, 7) is 5.33. The largest absolute Gasteiger partial charge is 0.507 e. The van der Waals surface area contributed by atoms with E-state index in [2.05, 4.69) is 72.8 Å². The van der Waals surface area contributed by atoms with E-state index in [1.165, 1.54) is 11.1 Å². The highest BCUT2D eigenvalue weighted by Gasteiger charge is 2.46. The van der Waals surface area contributed by atoms with E-state index in [1.807, 2.05) is 74.5 Å². The van der Waals surface area contributed by atoms with E-state index in [1.54, 1.807) is 0 Å². The highest BCUT2D eigenvalue weighted by molar-refractivity contribution is 5.86. The first-order chi connectivity index (χ1) is 23.0. The van der Waals surface area contributed by atoms with Crippen LogP contribution in [0.2, 0.25) is 0 Å². The average molecular weight is 619 g/mol. The summed E-state index contributed by atoms with van der Waals surface area (Å²) in [6.07, 6.45) is 0. The van der Waals surface area contributed by atoms with Crippen molar-refractivity contribution >= 4 is 0 Å². The molecule has 4 nitrogen and oxygen atoms in total. The van der Waals surface area contributed by atoms with E-state index in [0.717, 1.165) is 55.6 Å². The first-order valence-electron chi connectivity index (χ1n) is 16.1. The van der Waals surface area contributed by atoms with Gasteiger partial charge in [-0.05, 0) is 81.6 Å². The number of benzene rings is 6. The molecule has 6 aromatic carbocycles. The number of hydrogen-bond acceptors (Lipinski definition) is 4. The highest BCUT2D eigenvalue weighted by Crippen LogP contribution is 2.57. The molecule has 0 bridgehead atoms. The van der Waals surface area contributed by atoms with E-state index in [0.29, 0.717) is 13.2 Å². The molecule has 0 unspecified atom stereocenters. The SMILES string of the molecule is Cc1cc(C2(c3cc(C)c(O)c(COCc4ccccc4)c3)c3ccccc3-c3ccccc32)cc(COCc2ccccc2)c1O. The zero-order valence-electron chi connectivity index (χ0n) is 26.7. The van der Waals surface area contributed by atoms with Crippen molar-refractivity contribution in [2.75, 3.05) is 0 Å². The van der Waals surface area contributed by atoms with Crippen molar-refractivity contribution in [1.82, 2.24) is 0 Å². The molecule has 0 fully saturated rings. The fourth-order valence-electron chi connectivity index (χ4n) is 7.09. The minimum atomic E-state index is -0.716. The van der Waals surface area contributed by atoms with Gasteiger partial charge in [0.05, 0.1) is 31.8 Å². The van der Waals surface area contributed by atoms with Gasteiger partial charge in [0.1, 0.15) is 11.5 Å². The Hall–Kier alpha value is -5.16. The molecule has 0 spiro atoms. The summed E-state index contributed by atoms with van der Waals surface area (Å²) < 4.78 is 12.3. The van der Waals surface area contributed by atoms with Crippen LogP contribution in [0.25, 0.3) is 11.1 Å². The van der Waals surface area contributed by atoms with Crippen LogP contribution >= 0.6 is 0 Å². The molecule has 7 rings (SSSR count). The summed E-state index contributed by atoms with van der Waals surface area (Å²) in [7, 11) is 0. The molecular formula is C43H38O4. The predicted octanol–water partition coefficient (Wildman–Crippen LogP) is 9.51. The maximum Gasteiger partial charge on any atom is 0.124 e. The summed E-state index contributed by atoms with van der Waals surface area (Å²) in [5, 5.41) is 22.6. The van der Waals surface area contributed by atoms with Gasteiger partial charge in [0, 0.05) is 11.1 Å². The Bertz CT molecular complexity index is 1880. The fourth-order valence-corrected chi connectivity index (χ4v) is 7.09.